The third kappa shape index (κ3) is 2.79. The van der Waals surface area contributed by atoms with Crippen LogP contribution in [0, 0.1) is 5.92 Å². The summed E-state index contributed by atoms with van der Waals surface area (Å²) in [5.74, 6) is 0.686. The van der Waals surface area contributed by atoms with E-state index < -0.39 is 0 Å². The minimum Gasteiger partial charge on any atom is -0.306 e. The Bertz CT molecular complexity index is 935. The van der Waals surface area contributed by atoms with Gasteiger partial charge in [0.25, 0.3) is 0 Å². The van der Waals surface area contributed by atoms with Gasteiger partial charge < -0.3 is 4.98 Å². The molecule has 3 nitrogen and oxygen atoms in total. The van der Waals surface area contributed by atoms with E-state index >= 15 is 0 Å². The molecule has 1 heterocycles. The van der Waals surface area contributed by atoms with Gasteiger partial charge in [0.15, 0.2) is 0 Å². The smallest absolute Gasteiger partial charge is 0.306 e. The lowest BCUT2D eigenvalue weighted by Gasteiger charge is -2.19. The quantitative estimate of drug-likeness (QED) is 0.746. The highest BCUT2D eigenvalue weighted by atomic mass is 16.1. The first kappa shape index (κ1) is 15.3. The van der Waals surface area contributed by atoms with Crippen molar-refractivity contribution in [2.45, 2.75) is 45.6 Å². The predicted octanol–water partition coefficient (Wildman–Crippen LogP) is 4.70. The average Bonchev–Trinajstić information content (AvgIpc) is 3.31. The molecule has 0 amide bonds. The highest BCUT2D eigenvalue weighted by Gasteiger charge is 2.23. The fourth-order valence-electron chi connectivity index (χ4n) is 3.25. The highest BCUT2D eigenvalue weighted by Crippen LogP contribution is 2.32. The molecular formula is C21H24N2O. The fourth-order valence-corrected chi connectivity index (χ4v) is 3.25. The summed E-state index contributed by atoms with van der Waals surface area (Å²) >= 11 is 0. The molecule has 1 aromatic heterocycles. The predicted molar refractivity (Wildman–Crippen MR) is 99.4 cm³/mol. The standard InChI is InChI=1S/C21H24N2O/c1-21(2,3)17-9-6-15(7-10-17)16-8-11-19-18(12-16)22-20(24)23(19)13-14-4-5-14/h6-12,14H,4-5,13H2,1-3H3,(H,22,24). The number of hydrogen-bond donors (Lipinski definition) is 1. The Morgan fingerprint density at radius 2 is 1.71 bits per heavy atom. The van der Waals surface area contributed by atoms with Crippen molar-refractivity contribution in [1.82, 2.24) is 9.55 Å². The number of benzene rings is 2. The molecule has 0 atom stereocenters. The van der Waals surface area contributed by atoms with Crippen LogP contribution in [0.2, 0.25) is 0 Å². The maximum absolute atomic E-state index is 12.2. The second-order valence-electron chi connectivity index (χ2n) is 8.04. The summed E-state index contributed by atoms with van der Waals surface area (Å²) in [5.41, 5.74) is 5.77. The zero-order valence-corrected chi connectivity index (χ0v) is 14.6. The Hall–Kier alpha value is -2.29. The number of H-pyrrole nitrogens is 1. The first-order valence-corrected chi connectivity index (χ1v) is 8.75. The van der Waals surface area contributed by atoms with Crippen molar-refractivity contribution in [3.63, 3.8) is 0 Å². The van der Waals surface area contributed by atoms with Crippen molar-refractivity contribution in [2.24, 2.45) is 5.92 Å². The Kier molecular flexibility index (Phi) is 3.41. The molecule has 0 spiro atoms. The van der Waals surface area contributed by atoms with Gasteiger partial charge in [-0.3, -0.25) is 4.57 Å². The molecule has 0 unspecified atom stereocenters. The summed E-state index contributed by atoms with van der Waals surface area (Å²) in [7, 11) is 0. The fraction of sp³-hybridized carbons (Fsp3) is 0.381. The third-order valence-corrected chi connectivity index (χ3v) is 5.00. The van der Waals surface area contributed by atoms with Gasteiger partial charge >= 0.3 is 5.69 Å². The van der Waals surface area contributed by atoms with Crippen molar-refractivity contribution in [3.05, 3.63) is 58.5 Å². The molecule has 2 aromatic carbocycles. The average molecular weight is 320 g/mol. The molecule has 0 bridgehead atoms. The number of aromatic nitrogens is 2. The van der Waals surface area contributed by atoms with Gasteiger partial charge in [-0.25, -0.2) is 4.79 Å². The zero-order valence-electron chi connectivity index (χ0n) is 14.6. The van der Waals surface area contributed by atoms with Crippen molar-refractivity contribution >= 4 is 11.0 Å². The number of nitrogens with zero attached hydrogens (tertiary/aromatic N) is 1. The van der Waals surface area contributed by atoms with Crippen LogP contribution in [0.1, 0.15) is 39.2 Å². The largest absolute Gasteiger partial charge is 0.326 e. The van der Waals surface area contributed by atoms with Crippen LogP contribution < -0.4 is 5.69 Å². The SMILES string of the molecule is CC(C)(C)c1ccc(-c2ccc3c(c2)[nH]c(=O)n3CC2CC2)cc1. The van der Waals surface area contributed by atoms with Gasteiger partial charge in [0.2, 0.25) is 0 Å². The monoisotopic (exact) mass is 320 g/mol. The van der Waals surface area contributed by atoms with Gasteiger partial charge in [-0.15, -0.1) is 0 Å². The van der Waals surface area contributed by atoms with Gasteiger partial charge in [0.1, 0.15) is 0 Å². The van der Waals surface area contributed by atoms with Gasteiger partial charge in [0, 0.05) is 6.54 Å². The summed E-state index contributed by atoms with van der Waals surface area (Å²) in [6, 6.07) is 15.0. The Balaban J connectivity index is 1.71. The van der Waals surface area contributed by atoms with Gasteiger partial charge in [-0.1, -0.05) is 51.1 Å². The number of fused-ring (bicyclic) bond motifs is 1. The van der Waals surface area contributed by atoms with Crippen LogP contribution in [0.25, 0.3) is 22.2 Å². The van der Waals surface area contributed by atoms with E-state index in [0.29, 0.717) is 5.92 Å². The van der Waals surface area contributed by atoms with E-state index in [9.17, 15) is 4.79 Å². The van der Waals surface area contributed by atoms with E-state index in [1.54, 1.807) is 0 Å². The Labute approximate surface area is 142 Å². The number of rotatable bonds is 3. The van der Waals surface area contributed by atoms with Gasteiger partial charge in [0.05, 0.1) is 11.0 Å². The lowest BCUT2D eigenvalue weighted by molar-refractivity contribution is 0.590. The van der Waals surface area contributed by atoms with Gasteiger partial charge in [-0.2, -0.15) is 0 Å². The van der Waals surface area contributed by atoms with Crippen molar-refractivity contribution in [2.75, 3.05) is 0 Å². The van der Waals surface area contributed by atoms with E-state index in [1.165, 1.54) is 24.0 Å². The van der Waals surface area contributed by atoms with Crippen molar-refractivity contribution < 1.29 is 0 Å². The second-order valence-corrected chi connectivity index (χ2v) is 8.04. The van der Waals surface area contributed by atoms with Crippen LogP contribution in [0.15, 0.2) is 47.3 Å². The first-order chi connectivity index (χ1) is 11.4. The van der Waals surface area contributed by atoms with E-state index in [2.05, 4.69) is 68.2 Å². The Morgan fingerprint density at radius 3 is 2.33 bits per heavy atom. The summed E-state index contributed by atoms with van der Waals surface area (Å²) in [6.45, 7) is 7.52. The third-order valence-electron chi connectivity index (χ3n) is 5.00. The minimum atomic E-state index is 0.0112. The maximum Gasteiger partial charge on any atom is 0.326 e. The Morgan fingerprint density at radius 1 is 1.04 bits per heavy atom. The number of aromatic amines is 1. The maximum atomic E-state index is 12.2. The molecule has 3 heteroatoms. The molecule has 0 aliphatic heterocycles. The summed E-state index contributed by atoms with van der Waals surface area (Å²) in [4.78, 5) is 15.2. The molecular weight excluding hydrogens is 296 g/mol. The molecule has 1 aliphatic rings. The summed E-state index contributed by atoms with van der Waals surface area (Å²) in [6.07, 6.45) is 2.49. The van der Waals surface area contributed by atoms with Crippen molar-refractivity contribution in [3.8, 4) is 11.1 Å². The molecule has 1 aliphatic carbocycles. The molecule has 3 aromatic rings. The molecule has 1 fully saturated rings. The first-order valence-electron chi connectivity index (χ1n) is 8.75. The zero-order chi connectivity index (χ0) is 16.9. The van der Waals surface area contributed by atoms with Crippen LogP contribution >= 0.6 is 0 Å². The lowest BCUT2D eigenvalue weighted by atomic mass is 9.86. The van der Waals surface area contributed by atoms with Crippen LogP contribution in [-0.4, -0.2) is 9.55 Å². The van der Waals surface area contributed by atoms with Crippen LogP contribution in [0.5, 0.6) is 0 Å². The minimum absolute atomic E-state index is 0.0112. The summed E-state index contributed by atoms with van der Waals surface area (Å²) < 4.78 is 1.89. The molecule has 1 N–H and O–H groups in total. The highest BCUT2D eigenvalue weighted by molar-refractivity contribution is 5.82. The second kappa shape index (κ2) is 5.37. The van der Waals surface area contributed by atoms with Crippen molar-refractivity contribution in [1.29, 1.82) is 0 Å². The normalized spacial score (nSPS) is 15.1. The number of nitrogens with one attached hydrogen (secondary N) is 1. The summed E-state index contributed by atoms with van der Waals surface area (Å²) in [5, 5.41) is 0. The molecule has 124 valence electrons. The number of imidazole rings is 1. The molecule has 4 rings (SSSR count). The van der Waals surface area contributed by atoms with Crippen LogP contribution in [0.4, 0.5) is 0 Å². The van der Waals surface area contributed by atoms with E-state index in [-0.39, 0.29) is 11.1 Å². The topological polar surface area (TPSA) is 37.8 Å². The number of hydrogen-bond acceptors (Lipinski definition) is 1. The van der Waals surface area contributed by atoms with E-state index in [4.69, 9.17) is 0 Å². The molecule has 0 saturated heterocycles. The molecule has 24 heavy (non-hydrogen) atoms. The van der Waals surface area contributed by atoms with Gasteiger partial charge in [-0.05, 0) is 53.0 Å². The van der Waals surface area contributed by atoms with E-state index in [0.717, 1.165) is 23.1 Å². The van der Waals surface area contributed by atoms with E-state index in [1.807, 2.05) is 4.57 Å². The van der Waals surface area contributed by atoms with Crippen LogP contribution in [-0.2, 0) is 12.0 Å². The molecule has 1 saturated carbocycles. The van der Waals surface area contributed by atoms with Crippen LogP contribution in [0.3, 0.4) is 0 Å². The molecule has 0 radical (unpaired) electrons. The lowest BCUT2D eigenvalue weighted by Crippen LogP contribution is -2.17.